The average Bonchev–Trinajstić information content (AvgIpc) is 2.79. The van der Waals surface area contributed by atoms with Crippen LogP contribution in [0, 0.1) is 18.8 Å². The van der Waals surface area contributed by atoms with Crippen molar-refractivity contribution >= 4 is 11.6 Å². The molecule has 0 aromatic heterocycles. The van der Waals surface area contributed by atoms with Crippen LogP contribution in [0.2, 0.25) is 5.02 Å². The molecule has 0 nitrogen and oxygen atoms in total. The molecule has 0 amide bonds. The van der Waals surface area contributed by atoms with E-state index in [-0.39, 0.29) is 0 Å². The summed E-state index contributed by atoms with van der Waals surface area (Å²) >= 11 is 6.00. The summed E-state index contributed by atoms with van der Waals surface area (Å²) < 4.78 is 0. The largest absolute Gasteiger partial charge is 0.0843 e. The smallest absolute Gasteiger partial charge is 0.0406 e. The molecular weight excluding hydrogens is 384 g/mol. The molecule has 0 unspecified atom stereocenters. The van der Waals surface area contributed by atoms with Gasteiger partial charge in [-0.2, -0.15) is 0 Å². The summed E-state index contributed by atoms with van der Waals surface area (Å²) in [6, 6.07) is 26.3. The summed E-state index contributed by atoms with van der Waals surface area (Å²) in [5.74, 6) is 1.85. The quantitative estimate of drug-likeness (QED) is 0.361. The Hall–Kier alpha value is -2.05. The average molecular weight is 417 g/mol. The molecule has 0 aliphatic heterocycles. The maximum Gasteiger partial charge on any atom is 0.0406 e. The fraction of sp³-hybridized carbons (Fsp3) is 0.379. The summed E-state index contributed by atoms with van der Waals surface area (Å²) in [6.45, 7) is 2.17. The van der Waals surface area contributed by atoms with Gasteiger partial charge in [-0.3, -0.25) is 0 Å². The lowest BCUT2D eigenvalue weighted by molar-refractivity contribution is 0.253. The first-order valence-corrected chi connectivity index (χ1v) is 11.9. The van der Waals surface area contributed by atoms with Gasteiger partial charge in [-0.1, -0.05) is 104 Å². The van der Waals surface area contributed by atoms with Crippen molar-refractivity contribution in [2.75, 3.05) is 0 Å². The Labute approximate surface area is 187 Å². The third kappa shape index (κ3) is 5.99. The SMILES string of the molecule is Cc1ccc(CCC2CCC(CCc3ccc(-c4ccc(Cl)cc4)cc3)CC2)cc1. The molecule has 1 heteroatoms. The van der Waals surface area contributed by atoms with E-state index in [9.17, 15) is 0 Å². The molecule has 1 aliphatic carbocycles. The van der Waals surface area contributed by atoms with Crippen LogP contribution < -0.4 is 0 Å². The van der Waals surface area contributed by atoms with E-state index in [1.807, 2.05) is 12.1 Å². The number of benzene rings is 3. The van der Waals surface area contributed by atoms with Crippen molar-refractivity contribution in [3.05, 3.63) is 94.5 Å². The van der Waals surface area contributed by atoms with Crippen molar-refractivity contribution in [3.63, 3.8) is 0 Å². The Morgan fingerprint density at radius 3 is 1.47 bits per heavy atom. The second-order valence-corrected chi connectivity index (χ2v) is 9.59. The Morgan fingerprint density at radius 1 is 0.600 bits per heavy atom. The molecule has 0 saturated heterocycles. The van der Waals surface area contributed by atoms with Gasteiger partial charge in [0.1, 0.15) is 0 Å². The van der Waals surface area contributed by atoms with E-state index in [4.69, 9.17) is 11.6 Å². The number of rotatable bonds is 7. The van der Waals surface area contributed by atoms with Gasteiger partial charge in [0.25, 0.3) is 0 Å². The second-order valence-electron chi connectivity index (χ2n) is 9.15. The fourth-order valence-corrected chi connectivity index (χ4v) is 4.94. The molecular formula is C29H33Cl. The van der Waals surface area contributed by atoms with E-state index in [1.165, 1.54) is 79.2 Å². The van der Waals surface area contributed by atoms with Crippen LogP contribution in [-0.2, 0) is 12.8 Å². The van der Waals surface area contributed by atoms with Crippen LogP contribution in [0.15, 0.2) is 72.8 Å². The Morgan fingerprint density at radius 2 is 1.00 bits per heavy atom. The molecule has 4 rings (SSSR count). The molecule has 0 heterocycles. The van der Waals surface area contributed by atoms with Crippen LogP contribution in [0.1, 0.15) is 55.2 Å². The minimum Gasteiger partial charge on any atom is -0.0843 e. The first kappa shape index (κ1) is 21.2. The summed E-state index contributed by atoms with van der Waals surface area (Å²) in [6.07, 6.45) is 10.8. The predicted molar refractivity (Wildman–Crippen MR) is 130 cm³/mol. The van der Waals surface area contributed by atoms with Gasteiger partial charge in [0.05, 0.1) is 0 Å². The minimum atomic E-state index is 0.792. The maximum atomic E-state index is 6.00. The Kier molecular flexibility index (Phi) is 7.28. The topological polar surface area (TPSA) is 0 Å². The van der Waals surface area contributed by atoms with Crippen LogP contribution in [0.3, 0.4) is 0 Å². The monoisotopic (exact) mass is 416 g/mol. The van der Waals surface area contributed by atoms with Gasteiger partial charge in [0.2, 0.25) is 0 Å². The summed E-state index contributed by atoms with van der Waals surface area (Å²) in [7, 11) is 0. The minimum absolute atomic E-state index is 0.792. The van der Waals surface area contributed by atoms with Crippen molar-refractivity contribution in [1.82, 2.24) is 0 Å². The Balaban J connectivity index is 1.19. The molecule has 156 valence electrons. The first-order valence-electron chi connectivity index (χ1n) is 11.6. The molecule has 0 bridgehead atoms. The summed E-state index contributed by atoms with van der Waals surface area (Å²) in [5.41, 5.74) is 6.83. The van der Waals surface area contributed by atoms with Gasteiger partial charge in [0, 0.05) is 5.02 Å². The van der Waals surface area contributed by atoms with E-state index in [0.717, 1.165) is 16.9 Å². The third-order valence-electron chi connectivity index (χ3n) is 6.90. The van der Waals surface area contributed by atoms with Crippen LogP contribution in [0.25, 0.3) is 11.1 Å². The Bertz CT molecular complexity index is 898. The zero-order valence-corrected chi connectivity index (χ0v) is 18.9. The van der Waals surface area contributed by atoms with Crippen molar-refractivity contribution in [2.45, 2.75) is 58.3 Å². The predicted octanol–water partition coefficient (Wildman–Crippen LogP) is 8.69. The number of halogens is 1. The van der Waals surface area contributed by atoms with E-state index in [1.54, 1.807) is 0 Å². The molecule has 30 heavy (non-hydrogen) atoms. The van der Waals surface area contributed by atoms with Gasteiger partial charge >= 0.3 is 0 Å². The summed E-state index contributed by atoms with van der Waals surface area (Å²) in [5, 5.41) is 0.792. The second kappa shape index (κ2) is 10.3. The highest BCUT2D eigenvalue weighted by Gasteiger charge is 2.20. The molecule has 0 radical (unpaired) electrons. The lowest BCUT2D eigenvalue weighted by Gasteiger charge is -2.28. The van der Waals surface area contributed by atoms with Crippen molar-refractivity contribution in [2.24, 2.45) is 11.8 Å². The van der Waals surface area contributed by atoms with E-state index in [0.29, 0.717) is 0 Å². The standard InChI is InChI=1S/C29H33Cl/c1-22-2-4-23(5-3-22)6-7-24-8-10-25(11-9-24)12-13-26-14-16-27(17-15-26)28-18-20-29(30)21-19-28/h2-5,14-21,24-25H,6-13H2,1H3. The highest BCUT2D eigenvalue weighted by Crippen LogP contribution is 2.34. The molecule has 0 N–H and O–H groups in total. The van der Waals surface area contributed by atoms with Gasteiger partial charge in [-0.15, -0.1) is 0 Å². The van der Waals surface area contributed by atoms with Crippen LogP contribution in [0.4, 0.5) is 0 Å². The van der Waals surface area contributed by atoms with Crippen molar-refractivity contribution in [1.29, 1.82) is 0 Å². The fourth-order valence-electron chi connectivity index (χ4n) is 4.81. The molecule has 3 aromatic carbocycles. The summed E-state index contributed by atoms with van der Waals surface area (Å²) in [4.78, 5) is 0. The molecule has 1 saturated carbocycles. The van der Waals surface area contributed by atoms with Crippen LogP contribution in [-0.4, -0.2) is 0 Å². The van der Waals surface area contributed by atoms with E-state index < -0.39 is 0 Å². The van der Waals surface area contributed by atoms with E-state index in [2.05, 4.69) is 67.6 Å². The lowest BCUT2D eigenvalue weighted by Crippen LogP contribution is -2.15. The lowest BCUT2D eigenvalue weighted by atomic mass is 9.77. The first-order chi connectivity index (χ1) is 14.7. The van der Waals surface area contributed by atoms with Gasteiger partial charge in [-0.05, 0) is 78.8 Å². The molecule has 0 spiro atoms. The van der Waals surface area contributed by atoms with Gasteiger partial charge in [0.15, 0.2) is 0 Å². The highest BCUT2D eigenvalue weighted by molar-refractivity contribution is 6.30. The van der Waals surface area contributed by atoms with E-state index >= 15 is 0 Å². The number of hydrogen-bond acceptors (Lipinski definition) is 0. The number of aryl methyl sites for hydroxylation is 3. The maximum absolute atomic E-state index is 6.00. The number of hydrogen-bond donors (Lipinski definition) is 0. The van der Waals surface area contributed by atoms with Crippen molar-refractivity contribution in [3.8, 4) is 11.1 Å². The van der Waals surface area contributed by atoms with Crippen LogP contribution in [0.5, 0.6) is 0 Å². The molecule has 1 fully saturated rings. The van der Waals surface area contributed by atoms with Crippen LogP contribution >= 0.6 is 11.6 Å². The highest BCUT2D eigenvalue weighted by atomic mass is 35.5. The molecule has 3 aromatic rings. The zero-order valence-electron chi connectivity index (χ0n) is 18.1. The molecule has 0 atom stereocenters. The zero-order chi connectivity index (χ0) is 20.8. The normalized spacial score (nSPS) is 19.0. The molecule has 1 aliphatic rings. The van der Waals surface area contributed by atoms with Crippen molar-refractivity contribution < 1.29 is 0 Å². The van der Waals surface area contributed by atoms with Gasteiger partial charge in [-0.25, -0.2) is 0 Å². The van der Waals surface area contributed by atoms with Gasteiger partial charge < -0.3 is 0 Å². The third-order valence-corrected chi connectivity index (χ3v) is 7.15.